The predicted molar refractivity (Wildman–Crippen MR) is 154 cm³/mol. The molecule has 1 atom stereocenters. The van der Waals surface area contributed by atoms with Crippen molar-refractivity contribution in [3.05, 3.63) is 96.1 Å². The van der Waals surface area contributed by atoms with Crippen molar-refractivity contribution in [2.45, 2.75) is 37.0 Å². The lowest BCUT2D eigenvalue weighted by molar-refractivity contribution is -0.114. The van der Waals surface area contributed by atoms with Crippen LogP contribution in [0, 0.1) is 0 Å². The number of fused-ring (bicyclic) bond motifs is 1. The summed E-state index contributed by atoms with van der Waals surface area (Å²) in [6.45, 7) is 1.86. The van der Waals surface area contributed by atoms with Gasteiger partial charge in [0.2, 0.25) is 5.91 Å². The molecule has 9 heteroatoms. The first kappa shape index (κ1) is 27.1. The Bertz CT molecular complexity index is 1620. The number of phenolic OH excluding ortho intramolecular Hbond substituents is 2. The molecule has 5 rings (SSSR count). The zero-order valence-corrected chi connectivity index (χ0v) is 22.7. The van der Waals surface area contributed by atoms with Crippen LogP contribution in [-0.2, 0) is 21.2 Å². The van der Waals surface area contributed by atoms with E-state index in [-0.39, 0.29) is 28.2 Å². The summed E-state index contributed by atoms with van der Waals surface area (Å²) < 4.78 is 34.2. The van der Waals surface area contributed by atoms with Crippen molar-refractivity contribution < 1.29 is 28.2 Å². The minimum absolute atomic E-state index is 0.0872. The third-order valence-corrected chi connectivity index (χ3v) is 8.33. The Morgan fingerprint density at radius 1 is 0.875 bits per heavy atom. The summed E-state index contributed by atoms with van der Waals surface area (Å²) in [5.41, 5.74) is 4.91. The summed E-state index contributed by atoms with van der Waals surface area (Å²) in [7, 11) is -3.79. The molecule has 1 aliphatic rings. The van der Waals surface area contributed by atoms with Crippen LogP contribution in [0.3, 0.4) is 0 Å². The molecular formula is C31H30N2O6S. The van der Waals surface area contributed by atoms with Gasteiger partial charge in [-0.1, -0.05) is 24.3 Å². The lowest BCUT2D eigenvalue weighted by atomic mass is 9.83. The molecule has 1 amide bonds. The largest absolute Gasteiger partial charge is 0.504 e. The van der Waals surface area contributed by atoms with Crippen molar-refractivity contribution in [2.24, 2.45) is 0 Å². The average molecular weight is 559 g/mol. The van der Waals surface area contributed by atoms with Gasteiger partial charge >= 0.3 is 0 Å². The van der Waals surface area contributed by atoms with Gasteiger partial charge in [-0.2, -0.15) is 0 Å². The van der Waals surface area contributed by atoms with Crippen LogP contribution in [0.1, 0.15) is 36.8 Å². The van der Waals surface area contributed by atoms with Crippen molar-refractivity contribution in [1.82, 2.24) is 0 Å². The molecule has 0 saturated carbocycles. The van der Waals surface area contributed by atoms with Crippen LogP contribution >= 0.6 is 0 Å². The Labute approximate surface area is 233 Å². The summed E-state index contributed by atoms with van der Waals surface area (Å²) in [6.07, 6.45) is 2.83. The number of ether oxygens (including phenoxy) is 1. The van der Waals surface area contributed by atoms with Gasteiger partial charge in [0, 0.05) is 24.2 Å². The van der Waals surface area contributed by atoms with E-state index in [0.717, 1.165) is 47.3 Å². The molecule has 0 aliphatic heterocycles. The zero-order chi connectivity index (χ0) is 28.3. The highest BCUT2D eigenvalue weighted by molar-refractivity contribution is 7.92. The minimum atomic E-state index is -3.79. The number of aryl methyl sites for hydroxylation is 1. The van der Waals surface area contributed by atoms with Crippen molar-refractivity contribution >= 4 is 27.3 Å². The highest BCUT2D eigenvalue weighted by Gasteiger charge is 2.23. The number of hydrogen-bond acceptors (Lipinski definition) is 6. The van der Waals surface area contributed by atoms with Crippen molar-refractivity contribution in [2.75, 3.05) is 16.6 Å². The quantitative estimate of drug-likeness (QED) is 0.196. The van der Waals surface area contributed by atoms with Crippen molar-refractivity contribution in [1.29, 1.82) is 0 Å². The number of amides is 1. The molecule has 1 aliphatic carbocycles. The predicted octanol–water partition coefficient (Wildman–Crippen LogP) is 6.02. The van der Waals surface area contributed by atoms with Gasteiger partial charge in [-0.25, -0.2) is 8.42 Å². The lowest BCUT2D eigenvalue weighted by Crippen LogP contribution is -2.16. The number of benzene rings is 4. The minimum Gasteiger partial charge on any atom is -0.504 e. The molecular weight excluding hydrogens is 528 g/mol. The van der Waals surface area contributed by atoms with E-state index in [9.17, 15) is 23.4 Å². The summed E-state index contributed by atoms with van der Waals surface area (Å²) in [6, 6.07) is 24.0. The molecule has 4 N–H and O–H groups in total. The number of rotatable bonds is 8. The van der Waals surface area contributed by atoms with Gasteiger partial charge in [-0.05, 0) is 102 Å². The van der Waals surface area contributed by atoms with Crippen LogP contribution in [0.25, 0.3) is 11.1 Å². The highest BCUT2D eigenvalue weighted by Crippen LogP contribution is 2.38. The Morgan fingerprint density at radius 3 is 2.12 bits per heavy atom. The van der Waals surface area contributed by atoms with Gasteiger partial charge in [-0.15, -0.1) is 0 Å². The molecule has 206 valence electrons. The van der Waals surface area contributed by atoms with Gasteiger partial charge in [-0.3, -0.25) is 9.52 Å². The van der Waals surface area contributed by atoms with E-state index in [0.29, 0.717) is 18.0 Å². The molecule has 0 saturated heterocycles. The maximum Gasteiger partial charge on any atom is 0.261 e. The summed E-state index contributed by atoms with van der Waals surface area (Å²) in [5.74, 6) is 0.447. The topological polar surface area (TPSA) is 125 Å². The molecule has 1 unspecified atom stereocenters. The molecule has 0 spiro atoms. The molecule has 0 radical (unpaired) electrons. The van der Waals surface area contributed by atoms with Crippen LogP contribution < -0.4 is 14.8 Å². The zero-order valence-electron chi connectivity index (χ0n) is 21.9. The van der Waals surface area contributed by atoms with E-state index < -0.39 is 10.0 Å². The second kappa shape index (κ2) is 11.3. The first-order chi connectivity index (χ1) is 19.2. The van der Waals surface area contributed by atoms with Crippen molar-refractivity contribution in [3.63, 3.8) is 0 Å². The summed E-state index contributed by atoms with van der Waals surface area (Å²) in [5, 5.41) is 22.4. The Hall–Kier alpha value is -4.50. The third kappa shape index (κ3) is 6.21. The van der Waals surface area contributed by atoms with E-state index in [2.05, 4.69) is 10.0 Å². The van der Waals surface area contributed by atoms with Gasteiger partial charge in [0.25, 0.3) is 10.0 Å². The molecule has 40 heavy (non-hydrogen) atoms. The molecule has 4 aromatic rings. The summed E-state index contributed by atoms with van der Waals surface area (Å²) in [4.78, 5) is 11.3. The third-order valence-electron chi connectivity index (χ3n) is 6.94. The fourth-order valence-corrected chi connectivity index (χ4v) is 5.96. The van der Waals surface area contributed by atoms with Crippen LogP contribution in [-0.4, -0.2) is 31.1 Å². The maximum atomic E-state index is 12.8. The van der Waals surface area contributed by atoms with Crippen molar-refractivity contribution in [3.8, 4) is 28.4 Å². The van der Waals surface area contributed by atoms with Crippen LogP contribution in [0.15, 0.2) is 89.8 Å². The second-order valence-electron chi connectivity index (χ2n) is 9.85. The SMILES string of the molecule is CC(=O)Nc1ccc(S(=O)(=O)Nc2ccc(-c3ccc(OCC4CCCc5cc(O)c(O)cc54)cc3)cc2)cc1. The molecule has 0 fully saturated rings. The van der Waals surface area contributed by atoms with Gasteiger partial charge < -0.3 is 20.3 Å². The fraction of sp³-hybridized carbons (Fsp3) is 0.194. The number of carbonyl (C=O) groups is 1. The number of carbonyl (C=O) groups excluding carboxylic acids is 1. The van der Waals surface area contributed by atoms with Crippen LogP contribution in [0.2, 0.25) is 0 Å². The highest BCUT2D eigenvalue weighted by atomic mass is 32.2. The fourth-order valence-electron chi connectivity index (χ4n) is 4.91. The maximum absolute atomic E-state index is 12.8. The number of aromatic hydroxyl groups is 2. The Balaban J connectivity index is 1.20. The normalized spacial score (nSPS) is 14.7. The number of phenols is 2. The van der Waals surface area contributed by atoms with E-state index in [4.69, 9.17) is 4.74 Å². The Morgan fingerprint density at radius 2 is 1.48 bits per heavy atom. The van der Waals surface area contributed by atoms with Crippen LogP contribution in [0.4, 0.5) is 11.4 Å². The van der Waals surface area contributed by atoms with E-state index >= 15 is 0 Å². The molecule has 0 bridgehead atoms. The lowest BCUT2D eigenvalue weighted by Gasteiger charge is -2.26. The number of sulfonamides is 1. The summed E-state index contributed by atoms with van der Waals surface area (Å²) >= 11 is 0. The molecule has 0 heterocycles. The van der Waals surface area contributed by atoms with Gasteiger partial charge in [0.1, 0.15) is 5.75 Å². The van der Waals surface area contributed by atoms with Gasteiger partial charge in [0.15, 0.2) is 11.5 Å². The molecule has 0 aromatic heterocycles. The monoisotopic (exact) mass is 558 g/mol. The van der Waals surface area contributed by atoms with Gasteiger partial charge in [0.05, 0.1) is 11.5 Å². The Kier molecular flexibility index (Phi) is 7.66. The number of nitrogens with one attached hydrogen (secondary N) is 2. The van der Waals surface area contributed by atoms with Crippen LogP contribution in [0.5, 0.6) is 17.2 Å². The first-order valence-electron chi connectivity index (χ1n) is 13.0. The average Bonchev–Trinajstić information content (AvgIpc) is 2.93. The standard InChI is InChI=1S/C31H30N2O6S/c1-20(34)32-25-11-15-28(16-12-25)40(37,38)33-26-9-5-21(6-10-26)22-7-13-27(14-8-22)39-19-24-4-2-3-23-17-30(35)31(36)18-29(23)24/h5-18,24,33,35-36H,2-4,19H2,1H3,(H,32,34). The smallest absolute Gasteiger partial charge is 0.261 e. The van der Waals surface area contributed by atoms with E-state index in [1.54, 1.807) is 24.3 Å². The molecule has 8 nitrogen and oxygen atoms in total. The molecule has 4 aromatic carbocycles. The van der Waals surface area contributed by atoms with E-state index in [1.807, 2.05) is 36.4 Å². The first-order valence-corrected chi connectivity index (χ1v) is 14.4. The van der Waals surface area contributed by atoms with E-state index in [1.165, 1.54) is 31.2 Å². The second-order valence-corrected chi connectivity index (χ2v) is 11.5. The number of hydrogen-bond donors (Lipinski definition) is 4. The number of anilines is 2.